The van der Waals surface area contributed by atoms with Crippen molar-refractivity contribution in [1.82, 2.24) is 9.80 Å². The molecule has 0 aromatic heterocycles. The molecule has 6 heteroatoms. The summed E-state index contributed by atoms with van der Waals surface area (Å²) >= 11 is 0. The van der Waals surface area contributed by atoms with Gasteiger partial charge < -0.3 is 20.6 Å². The molecule has 1 heterocycles. The summed E-state index contributed by atoms with van der Waals surface area (Å²) in [6.07, 6.45) is 3.81. The number of nitrogens with two attached hydrogens (primary N) is 1. The Morgan fingerprint density at radius 2 is 1.83 bits per heavy atom. The molecule has 0 unspecified atom stereocenters. The van der Waals surface area contributed by atoms with E-state index in [4.69, 9.17) is 10.8 Å². The lowest BCUT2D eigenvalue weighted by molar-refractivity contribution is -0.137. The van der Waals surface area contributed by atoms with Crippen LogP contribution in [0.15, 0.2) is 0 Å². The number of carboxylic acid groups (broad SMARTS) is 1. The van der Waals surface area contributed by atoms with Crippen molar-refractivity contribution in [3.8, 4) is 0 Å². The van der Waals surface area contributed by atoms with Crippen LogP contribution in [0.5, 0.6) is 0 Å². The average molecular weight is 255 g/mol. The topological polar surface area (TPSA) is 86.9 Å². The molecule has 6 nitrogen and oxygen atoms in total. The zero-order valence-corrected chi connectivity index (χ0v) is 10.5. The van der Waals surface area contributed by atoms with E-state index >= 15 is 0 Å². The average Bonchev–Trinajstić information content (AvgIpc) is 3.12. The Bertz CT molecular complexity index is 323. The van der Waals surface area contributed by atoms with E-state index in [1.54, 1.807) is 4.90 Å². The van der Waals surface area contributed by atoms with Gasteiger partial charge in [0.15, 0.2) is 0 Å². The maximum absolute atomic E-state index is 12.3. The van der Waals surface area contributed by atoms with Crippen LogP contribution in [0.1, 0.15) is 25.7 Å². The van der Waals surface area contributed by atoms with E-state index in [1.807, 2.05) is 0 Å². The third-order valence-corrected chi connectivity index (χ3v) is 3.58. The minimum Gasteiger partial charge on any atom is -0.480 e. The van der Waals surface area contributed by atoms with Crippen LogP contribution in [-0.2, 0) is 4.79 Å². The molecule has 0 atom stereocenters. The standard InChI is InChI=1S/C12H21N3O3/c13-10-3-5-14(6-4-10)12(18)15(8-11(16)17)7-9-1-2-9/h9-10H,1-8,13H2,(H,16,17). The molecule has 0 aromatic rings. The summed E-state index contributed by atoms with van der Waals surface area (Å²) in [5.74, 6) is -0.446. The predicted octanol–water partition coefficient (Wildman–Crippen LogP) is 0.326. The number of carbonyl (C=O) groups is 2. The van der Waals surface area contributed by atoms with Crippen molar-refractivity contribution in [1.29, 1.82) is 0 Å². The van der Waals surface area contributed by atoms with Crippen LogP contribution in [0.25, 0.3) is 0 Å². The molecule has 0 bridgehead atoms. The maximum Gasteiger partial charge on any atom is 0.323 e. The summed E-state index contributed by atoms with van der Waals surface area (Å²) in [6.45, 7) is 1.66. The molecule has 0 spiro atoms. The molecule has 0 aromatic carbocycles. The highest BCUT2D eigenvalue weighted by atomic mass is 16.4. The lowest BCUT2D eigenvalue weighted by Crippen LogP contribution is -2.50. The molecule has 2 rings (SSSR count). The Balaban J connectivity index is 1.90. The zero-order valence-electron chi connectivity index (χ0n) is 10.5. The van der Waals surface area contributed by atoms with E-state index in [-0.39, 0.29) is 18.6 Å². The van der Waals surface area contributed by atoms with Crippen LogP contribution in [0, 0.1) is 5.92 Å². The van der Waals surface area contributed by atoms with E-state index in [1.165, 1.54) is 4.90 Å². The predicted molar refractivity (Wildman–Crippen MR) is 66.1 cm³/mol. The van der Waals surface area contributed by atoms with Crippen LogP contribution in [-0.4, -0.2) is 59.1 Å². The zero-order chi connectivity index (χ0) is 13.1. The van der Waals surface area contributed by atoms with Crippen molar-refractivity contribution >= 4 is 12.0 Å². The number of carboxylic acids is 1. The number of urea groups is 1. The second-order valence-corrected chi connectivity index (χ2v) is 5.32. The van der Waals surface area contributed by atoms with Gasteiger partial charge in [-0.2, -0.15) is 0 Å². The first-order valence-corrected chi connectivity index (χ1v) is 6.57. The largest absolute Gasteiger partial charge is 0.480 e. The molecule has 0 radical (unpaired) electrons. The number of likely N-dealkylation sites (tertiary alicyclic amines) is 1. The Labute approximate surface area is 107 Å². The van der Waals surface area contributed by atoms with Crippen LogP contribution in [0.3, 0.4) is 0 Å². The Morgan fingerprint density at radius 1 is 1.22 bits per heavy atom. The number of aliphatic carboxylic acids is 1. The molecule has 2 aliphatic rings. The first-order chi connectivity index (χ1) is 8.56. The second kappa shape index (κ2) is 5.56. The van der Waals surface area contributed by atoms with Crippen LogP contribution in [0.2, 0.25) is 0 Å². The number of carbonyl (C=O) groups excluding carboxylic acids is 1. The molecule has 1 saturated carbocycles. The van der Waals surface area contributed by atoms with E-state index in [2.05, 4.69) is 0 Å². The van der Waals surface area contributed by atoms with Crippen LogP contribution < -0.4 is 5.73 Å². The minimum absolute atomic E-state index is 0.142. The van der Waals surface area contributed by atoms with Crippen molar-refractivity contribution in [2.45, 2.75) is 31.7 Å². The molecule has 18 heavy (non-hydrogen) atoms. The van der Waals surface area contributed by atoms with E-state index < -0.39 is 5.97 Å². The van der Waals surface area contributed by atoms with Gasteiger partial charge in [-0.3, -0.25) is 4.79 Å². The van der Waals surface area contributed by atoms with Gasteiger partial charge in [0.1, 0.15) is 6.54 Å². The van der Waals surface area contributed by atoms with Gasteiger partial charge in [0.25, 0.3) is 0 Å². The highest BCUT2D eigenvalue weighted by Gasteiger charge is 2.31. The van der Waals surface area contributed by atoms with Gasteiger partial charge in [0.2, 0.25) is 0 Å². The van der Waals surface area contributed by atoms with Gasteiger partial charge in [-0.15, -0.1) is 0 Å². The first-order valence-electron chi connectivity index (χ1n) is 6.57. The quantitative estimate of drug-likeness (QED) is 0.757. The van der Waals surface area contributed by atoms with Gasteiger partial charge in [-0.25, -0.2) is 4.79 Å². The van der Waals surface area contributed by atoms with E-state index in [0.717, 1.165) is 25.7 Å². The van der Waals surface area contributed by atoms with E-state index in [9.17, 15) is 9.59 Å². The fourth-order valence-electron chi connectivity index (χ4n) is 2.28. The highest BCUT2D eigenvalue weighted by Crippen LogP contribution is 2.30. The van der Waals surface area contributed by atoms with Crippen LogP contribution >= 0.6 is 0 Å². The van der Waals surface area contributed by atoms with Gasteiger partial charge in [-0.05, 0) is 31.6 Å². The summed E-state index contributed by atoms with van der Waals surface area (Å²) in [7, 11) is 0. The minimum atomic E-state index is -0.947. The number of hydrogen-bond acceptors (Lipinski definition) is 3. The summed E-state index contributed by atoms with van der Waals surface area (Å²) in [5, 5.41) is 8.87. The van der Waals surface area contributed by atoms with Crippen molar-refractivity contribution in [3.05, 3.63) is 0 Å². The molecule has 1 aliphatic heterocycles. The fourth-order valence-corrected chi connectivity index (χ4v) is 2.28. The third-order valence-electron chi connectivity index (χ3n) is 3.58. The SMILES string of the molecule is NC1CCN(C(=O)N(CC(=O)O)CC2CC2)CC1. The van der Waals surface area contributed by atoms with Crippen molar-refractivity contribution in [2.75, 3.05) is 26.2 Å². The molecular formula is C12H21N3O3. The van der Waals surface area contributed by atoms with Gasteiger partial charge in [-0.1, -0.05) is 0 Å². The smallest absolute Gasteiger partial charge is 0.323 e. The molecule has 2 fully saturated rings. The van der Waals surface area contributed by atoms with Gasteiger partial charge in [0.05, 0.1) is 0 Å². The summed E-state index contributed by atoms with van der Waals surface area (Å²) in [4.78, 5) is 26.3. The van der Waals surface area contributed by atoms with Crippen molar-refractivity contribution in [3.63, 3.8) is 0 Å². The normalized spacial score (nSPS) is 20.8. The van der Waals surface area contributed by atoms with E-state index in [0.29, 0.717) is 25.6 Å². The summed E-state index contributed by atoms with van der Waals surface area (Å²) in [6, 6.07) is 0.0293. The highest BCUT2D eigenvalue weighted by molar-refractivity contribution is 5.80. The molecule has 2 amide bonds. The molecular weight excluding hydrogens is 234 g/mol. The fraction of sp³-hybridized carbons (Fsp3) is 0.833. The van der Waals surface area contributed by atoms with Crippen molar-refractivity contribution < 1.29 is 14.7 Å². The van der Waals surface area contributed by atoms with Gasteiger partial charge in [0, 0.05) is 25.7 Å². The Hall–Kier alpha value is -1.30. The number of rotatable bonds is 4. The third kappa shape index (κ3) is 3.60. The molecule has 102 valence electrons. The summed E-state index contributed by atoms with van der Waals surface area (Å²) < 4.78 is 0. The number of amides is 2. The van der Waals surface area contributed by atoms with Crippen LogP contribution in [0.4, 0.5) is 4.79 Å². The maximum atomic E-state index is 12.3. The number of nitrogens with zero attached hydrogens (tertiary/aromatic N) is 2. The number of hydrogen-bond donors (Lipinski definition) is 2. The lowest BCUT2D eigenvalue weighted by Gasteiger charge is -2.34. The van der Waals surface area contributed by atoms with Gasteiger partial charge >= 0.3 is 12.0 Å². The molecule has 1 saturated heterocycles. The molecule has 1 aliphatic carbocycles. The monoisotopic (exact) mass is 255 g/mol. The first kappa shape index (κ1) is 13.1. The molecule has 3 N–H and O–H groups in total. The summed E-state index contributed by atoms with van der Waals surface area (Å²) in [5.41, 5.74) is 5.80. The van der Waals surface area contributed by atoms with Crippen molar-refractivity contribution in [2.24, 2.45) is 11.7 Å². The number of piperidine rings is 1. The second-order valence-electron chi connectivity index (χ2n) is 5.32. The Morgan fingerprint density at radius 3 is 2.33 bits per heavy atom. The lowest BCUT2D eigenvalue weighted by atomic mass is 10.1. The Kier molecular flexibility index (Phi) is 4.06.